The van der Waals surface area contributed by atoms with Crippen LogP contribution in [-0.2, 0) is 0 Å². The summed E-state index contributed by atoms with van der Waals surface area (Å²) in [6.45, 7) is 2.03. The van der Waals surface area contributed by atoms with Gasteiger partial charge in [-0.3, -0.25) is 0 Å². The molecule has 0 radical (unpaired) electrons. The Bertz CT molecular complexity index is 174. The predicted molar refractivity (Wildman–Crippen MR) is 47.0 cm³/mol. The van der Waals surface area contributed by atoms with E-state index in [9.17, 15) is 0 Å². The van der Waals surface area contributed by atoms with Crippen molar-refractivity contribution in [2.45, 2.75) is 6.42 Å². The highest BCUT2D eigenvalue weighted by molar-refractivity contribution is 7.80. The van der Waals surface area contributed by atoms with Gasteiger partial charge in [-0.05, 0) is 19.0 Å². The maximum atomic E-state index is 5.47. The molecule has 0 aromatic heterocycles. The summed E-state index contributed by atoms with van der Waals surface area (Å²) in [6.07, 6.45) is 3.20. The smallest absolute Gasteiger partial charge is 0.100 e. The Morgan fingerprint density at radius 2 is 2.50 bits per heavy atom. The van der Waals surface area contributed by atoms with Crippen molar-refractivity contribution in [1.82, 2.24) is 4.90 Å². The SMILES string of the molecule is CN1CCC=C(C(N)=S)C1. The molecule has 0 spiro atoms. The lowest BCUT2D eigenvalue weighted by molar-refractivity contribution is 0.360. The molecule has 0 aromatic rings. The van der Waals surface area contributed by atoms with Crippen molar-refractivity contribution in [3.05, 3.63) is 11.6 Å². The van der Waals surface area contributed by atoms with E-state index >= 15 is 0 Å². The van der Waals surface area contributed by atoms with E-state index in [0.29, 0.717) is 4.99 Å². The van der Waals surface area contributed by atoms with Crippen LogP contribution in [0.3, 0.4) is 0 Å². The van der Waals surface area contributed by atoms with Crippen molar-refractivity contribution in [2.24, 2.45) is 5.73 Å². The van der Waals surface area contributed by atoms with Gasteiger partial charge in [-0.1, -0.05) is 18.3 Å². The van der Waals surface area contributed by atoms with Crippen molar-refractivity contribution in [1.29, 1.82) is 0 Å². The van der Waals surface area contributed by atoms with Gasteiger partial charge in [0.25, 0.3) is 0 Å². The Morgan fingerprint density at radius 1 is 1.80 bits per heavy atom. The average molecular weight is 156 g/mol. The number of rotatable bonds is 1. The van der Waals surface area contributed by atoms with Gasteiger partial charge in [0.1, 0.15) is 4.99 Å². The monoisotopic (exact) mass is 156 g/mol. The molecule has 0 fully saturated rings. The van der Waals surface area contributed by atoms with Crippen LogP contribution in [0.25, 0.3) is 0 Å². The normalized spacial score (nSPS) is 20.3. The molecule has 1 aliphatic rings. The molecule has 0 saturated heterocycles. The molecule has 2 nitrogen and oxygen atoms in total. The minimum atomic E-state index is 0.548. The number of nitrogens with two attached hydrogens (primary N) is 1. The standard InChI is InChI=1S/C7H12N2S/c1-9-4-2-3-6(5-9)7(8)10/h3H,2,4-5H2,1H3,(H2,8,10). The van der Waals surface area contributed by atoms with E-state index in [2.05, 4.69) is 18.0 Å². The summed E-state index contributed by atoms with van der Waals surface area (Å²) in [7, 11) is 2.07. The van der Waals surface area contributed by atoms with Crippen LogP contribution in [0.2, 0.25) is 0 Å². The van der Waals surface area contributed by atoms with E-state index in [0.717, 1.165) is 25.1 Å². The van der Waals surface area contributed by atoms with Gasteiger partial charge in [-0.15, -0.1) is 0 Å². The summed E-state index contributed by atoms with van der Waals surface area (Å²) in [5.74, 6) is 0. The second kappa shape index (κ2) is 3.12. The molecule has 56 valence electrons. The first-order chi connectivity index (χ1) is 4.70. The van der Waals surface area contributed by atoms with Crippen LogP contribution in [0.5, 0.6) is 0 Å². The predicted octanol–water partition coefficient (Wildman–Crippen LogP) is 0.534. The topological polar surface area (TPSA) is 29.3 Å². The zero-order valence-corrected chi connectivity index (χ0v) is 6.95. The van der Waals surface area contributed by atoms with Crippen LogP contribution in [-0.4, -0.2) is 30.0 Å². The minimum absolute atomic E-state index is 0.548. The van der Waals surface area contributed by atoms with Gasteiger partial charge < -0.3 is 10.6 Å². The van der Waals surface area contributed by atoms with Crippen LogP contribution in [0, 0.1) is 0 Å². The van der Waals surface area contributed by atoms with Crippen LogP contribution in [0.1, 0.15) is 6.42 Å². The summed E-state index contributed by atoms with van der Waals surface area (Å²) in [6, 6.07) is 0. The number of likely N-dealkylation sites (N-methyl/N-ethyl adjacent to an activating group) is 1. The second-order valence-electron chi connectivity index (χ2n) is 2.62. The lowest BCUT2D eigenvalue weighted by Gasteiger charge is -2.21. The van der Waals surface area contributed by atoms with Crippen molar-refractivity contribution in [3.8, 4) is 0 Å². The summed E-state index contributed by atoms with van der Waals surface area (Å²) in [5, 5.41) is 0. The molecule has 0 saturated carbocycles. The second-order valence-corrected chi connectivity index (χ2v) is 3.06. The van der Waals surface area contributed by atoms with Crippen molar-refractivity contribution < 1.29 is 0 Å². The van der Waals surface area contributed by atoms with Gasteiger partial charge in [0.15, 0.2) is 0 Å². The van der Waals surface area contributed by atoms with Crippen LogP contribution in [0.15, 0.2) is 11.6 Å². The van der Waals surface area contributed by atoms with E-state index in [4.69, 9.17) is 18.0 Å². The van der Waals surface area contributed by atoms with Crippen LogP contribution >= 0.6 is 12.2 Å². The number of hydrogen-bond acceptors (Lipinski definition) is 2. The van der Waals surface area contributed by atoms with Crippen molar-refractivity contribution in [3.63, 3.8) is 0 Å². The van der Waals surface area contributed by atoms with Gasteiger partial charge in [-0.25, -0.2) is 0 Å². The summed E-state index contributed by atoms with van der Waals surface area (Å²) >= 11 is 4.85. The Morgan fingerprint density at radius 3 is 2.90 bits per heavy atom. The van der Waals surface area contributed by atoms with E-state index in [-0.39, 0.29) is 0 Å². The highest BCUT2D eigenvalue weighted by Gasteiger charge is 2.09. The third kappa shape index (κ3) is 1.78. The molecule has 2 N–H and O–H groups in total. The summed E-state index contributed by atoms with van der Waals surface area (Å²) < 4.78 is 0. The van der Waals surface area contributed by atoms with E-state index in [1.54, 1.807) is 0 Å². The molecule has 10 heavy (non-hydrogen) atoms. The van der Waals surface area contributed by atoms with Gasteiger partial charge >= 0.3 is 0 Å². The molecule has 0 bridgehead atoms. The molecule has 0 unspecified atom stereocenters. The number of hydrogen-bond donors (Lipinski definition) is 1. The van der Waals surface area contributed by atoms with Crippen LogP contribution in [0.4, 0.5) is 0 Å². The minimum Gasteiger partial charge on any atom is -0.390 e. The van der Waals surface area contributed by atoms with Gasteiger partial charge in [0, 0.05) is 13.1 Å². The molecule has 0 amide bonds. The molecule has 1 heterocycles. The van der Waals surface area contributed by atoms with E-state index in [1.807, 2.05) is 0 Å². The van der Waals surface area contributed by atoms with Crippen molar-refractivity contribution >= 4 is 17.2 Å². The fourth-order valence-corrected chi connectivity index (χ4v) is 1.22. The molecular weight excluding hydrogens is 144 g/mol. The average Bonchev–Trinajstić information content (AvgIpc) is 1.88. The molecule has 1 rings (SSSR count). The maximum Gasteiger partial charge on any atom is 0.100 e. The lowest BCUT2D eigenvalue weighted by Crippen LogP contribution is -2.30. The molecule has 0 atom stereocenters. The zero-order valence-electron chi connectivity index (χ0n) is 6.13. The number of nitrogens with zero attached hydrogens (tertiary/aromatic N) is 1. The van der Waals surface area contributed by atoms with Gasteiger partial charge in [0.2, 0.25) is 0 Å². The first-order valence-corrected chi connectivity index (χ1v) is 3.78. The quantitative estimate of drug-likeness (QED) is 0.562. The van der Waals surface area contributed by atoms with E-state index < -0.39 is 0 Å². The third-order valence-electron chi connectivity index (χ3n) is 1.66. The Labute approximate surface area is 66.7 Å². The van der Waals surface area contributed by atoms with Crippen LogP contribution < -0.4 is 5.73 Å². The Hall–Kier alpha value is -0.410. The van der Waals surface area contributed by atoms with Gasteiger partial charge in [-0.2, -0.15) is 0 Å². The number of thiocarbonyl (C=S) groups is 1. The molecule has 0 aromatic carbocycles. The fourth-order valence-electron chi connectivity index (χ4n) is 1.07. The molecule has 0 aliphatic carbocycles. The molecule has 3 heteroatoms. The highest BCUT2D eigenvalue weighted by atomic mass is 32.1. The van der Waals surface area contributed by atoms with E-state index in [1.165, 1.54) is 0 Å². The zero-order chi connectivity index (χ0) is 7.56. The maximum absolute atomic E-state index is 5.47. The highest BCUT2D eigenvalue weighted by Crippen LogP contribution is 2.06. The molecule has 1 aliphatic heterocycles. The first kappa shape index (κ1) is 7.69. The fraction of sp³-hybridized carbons (Fsp3) is 0.571. The lowest BCUT2D eigenvalue weighted by atomic mass is 10.1. The van der Waals surface area contributed by atoms with Gasteiger partial charge in [0.05, 0.1) is 0 Å². The first-order valence-electron chi connectivity index (χ1n) is 3.37. The summed E-state index contributed by atoms with van der Waals surface area (Å²) in [5.41, 5.74) is 6.58. The third-order valence-corrected chi connectivity index (χ3v) is 1.92. The van der Waals surface area contributed by atoms with Crippen molar-refractivity contribution in [2.75, 3.05) is 20.1 Å². The molecular formula is C7H12N2S. The summed E-state index contributed by atoms with van der Waals surface area (Å²) in [4.78, 5) is 2.76. The Balaban J connectivity index is 2.60. The Kier molecular flexibility index (Phi) is 2.40. The largest absolute Gasteiger partial charge is 0.390 e.